The van der Waals surface area contributed by atoms with E-state index in [0.29, 0.717) is 36.4 Å². The molecule has 0 aromatic rings. The maximum Gasteiger partial charge on any atom is 0.309 e. The second-order valence-electron chi connectivity index (χ2n) is 5.16. The van der Waals surface area contributed by atoms with Gasteiger partial charge in [0.1, 0.15) is 0 Å². The zero-order valence-electron chi connectivity index (χ0n) is 9.31. The average Bonchev–Trinajstić information content (AvgIpc) is 2.87. The van der Waals surface area contributed by atoms with E-state index in [-0.39, 0.29) is 11.9 Å². The van der Waals surface area contributed by atoms with Crippen molar-refractivity contribution in [3.05, 3.63) is 0 Å². The summed E-state index contributed by atoms with van der Waals surface area (Å²) in [6.07, 6.45) is 2.64. The van der Waals surface area contributed by atoms with Gasteiger partial charge in [0.15, 0.2) is 0 Å². The second kappa shape index (κ2) is 3.21. The van der Waals surface area contributed by atoms with Gasteiger partial charge in [-0.3, -0.25) is 4.79 Å². The van der Waals surface area contributed by atoms with Crippen molar-refractivity contribution in [3.8, 4) is 0 Å². The minimum Gasteiger partial charge on any atom is -0.465 e. The van der Waals surface area contributed by atoms with Gasteiger partial charge in [0.2, 0.25) is 0 Å². The smallest absolute Gasteiger partial charge is 0.309 e. The van der Waals surface area contributed by atoms with Crippen molar-refractivity contribution in [1.29, 1.82) is 0 Å². The molecule has 1 heterocycles. The summed E-state index contributed by atoms with van der Waals surface area (Å²) in [7, 11) is 1.78. The average molecular weight is 210 g/mol. The molecule has 1 saturated heterocycles. The molecule has 3 heteroatoms. The fourth-order valence-electron chi connectivity index (χ4n) is 4.35. The van der Waals surface area contributed by atoms with Gasteiger partial charge in [-0.05, 0) is 24.2 Å². The van der Waals surface area contributed by atoms with Gasteiger partial charge in [-0.25, -0.2) is 0 Å². The standard InChI is InChI=1S/C12H18O3/c1-3-6-7-4-8(11(6)14-2)10-9(7)5-15-12(10)13/h6-11H,3-5H2,1-2H3. The molecular formula is C12H18O3. The largest absolute Gasteiger partial charge is 0.465 e. The molecule has 0 amide bonds. The summed E-state index contributed by atoms with van der Waals surface area (Å²) in [6, 6.07) is 0. The molecule has 0 radical (unpaired) electrons. The van der Waals surface area contributed by atoms with Crippen molar-refractivity contribution in [2.24, 2.45) is 29.6 Å². The van der Waals surface area contributed by atoms with Crippen LogP contribution in [0, 0.1) is 29.6 Å². The molecule has 3 nitrogen and oxygen atoms in total. The predicted octanol–water partition coefficient (Wildman–Crippen LogP) is 1.47. The normalized spacial score (nSPS) is 52.0. The second-order valence-corrected chi connectivity index (χ2v) is 5.16. The lowest BCUT2D eigenvalue weighted by Crippen LogP contribution is -2.39. The van der Waals surface area contributed by atoms with E-state index in [2.05, 4.69) is 6.92 Å². The van der Waals surface area contributed by atoms with E-state index in [1.54, 1.807) is 7.11 Å². The third kappa shape index (κ3) is 1.07. The Hall–Kier alpha value is -0.570. The quantitative estimate of drug-likeness (QED) is 0.647. The number of methoxy groups -OCH3 is 1. The van der Waals surface area contributed by atoms with Crippen molar-refractivity contribution in [1.82, 2.24) is 0 Å². The highest BCUT2D eigenvalue weighted by atomic mass is 16.5. The topological polar surface area (TPSA) is 35.5 Å². The Labute approximate surface area is 90.1 Å². The SMILES string of the molecule is CCC1C2CC(C1OC)C1C(=O)OCC21. The van der Waals surface area contributed by atoms with Crippen LogP contribution in [0.1, 0.15) is 19.8 Å². The number of rotatable bonds is 2. The molecule has 3 aliphatic rings. The number of ether oxygens (including phenoxy) is 2. The number of fused-ring (bicyclic) bond motifs is 5. The first-order chi connectivity index (χ1) is 7.27. The molecule has 0 spiro atoms. The predicted molar refractivity (Wildman–Crippen MR) is 54.1 cm³/mol. The van der Waals surface area contributed by atoms with Crippen LogP contribution < -0.4 is 0 Å². The van der Waals surface area contributed by atoms with Gasteiger partial charge < -0.3 is 9.47 Å². The first-order valence-electron chi connectivity index (χ1n) is 5.97. The highest BCUT2D eigenvalue weighted by Crippen LogP contribution is 2.59. The number of hydrogen-bond acceptors (Lipinski definition) is 3. The molecular weight excluding hydrogens is 192 g/mol. The van der Waals surface area contributed by atoms with Crippen LogP contribution in [-0.2, 0) is 14.3 Å². The van der Waals surface area contributed by atoms with Crippen molar-refractivity contribution >= 4 is 5.97 Å². The van der Waals surface area contributed by atoms with E-state index < -0.39 is 0 Å². The molecule has 2 bridgehead atoms. The summed E-state index contributed by atoms with van der Waals surface area (Å²) in [4.78, 5) is 11.6. The molecule has 15 heavy (non-hydrogen) atoms. The van der Waals surface area contributed by atoms with Crippen LogP contribution in [0.25, 0.3) is 0 Å². The van der Waals surface area contributed by atoms with Crippen molar-refractivity contribution < 1.29 is 14.3 Å². The van der Waals surface area contributed by atoms with E-state index in [1.807, 2.05) is 0 Å². The van der Waals surface area contributed by atoms with E-state index in [9.17, 15) is 4.79 Å². The Morgan fingerprint density at radius 2 is 2.20 bits per heavy atom. The van der Waals surface area contributed by atoms with Crippen molar-refractivity contribution in [2.75, 3.05) is 13.7 Å². The van der Waals surface area contributed by atoms with Gasteiger partial charge in [-0.1, -0.05) is 13.3 Å². The Bertz CT molecular complexity index is 289. The fourth-order valence-corrected chi connectivity index (χ4v) is 4.35. The van der Waals surface area contributed by atoms with E-state index in [1.165, 1.54) is 6.42 Å². The van der Waals surface area contributed by atoms with E-state index in [0.717, 1.165) is 6.42 Å². The Morgan fingerprint density at radius 3 is 2.87 bits per heavy atom. The maximum atomic E-state index is 11.6. The lowest BCUT2D eigenvalue weighted by Gasteiger charge is -2.34. The summed E-state index contributed by atoms with van der Waals surface area (Å²) in [5.41, 5.74) is 0. The van der Waals surface area contributed by atoms with Crippen LogP contribution in [-0.4, -0.2) is 25.8 Å². The first kappa shape index (κ1) is 9.64. The van der Waals surface area contributed by atoms with Gasteiger partial charge >= 0.3 is 5.97 Å². The number of cyclic esters (lactones) is 1. The van der Waals surface area contributed by atoms with Crippen LogP contribution in [0.2, 0.25) is 0 Å². The minimum atomic E-state index is 0.0316. The summed E-state index contributed by atoms with van der Waals surface area (Å²) >= 11 is 0. The van der Waals surface area contributed by atoms with Gasteiger partial charge in [0.05, 0.1) is 18.6 Å². The first-order valence-corrected chi connectivity index (χ1v) is 5.97. The highest BCUT2D eigenvalue weighted by molar-refractivity contribution is 5.76. The fraction of sp³-hybridized carbons (Fsp3) is 0.917. The molecule has 0 N–H and O–H groups in total. The maximum absolute atomic E-state index is 11.6. The lowest BCUT2D eigenvalue weighted by molar-refractivity contribution is -0.144. The molecule has 3 fully saturated rings. The summed E-state index contributed by atoms with van der Waals surface area (Å²) in [6.45, 7) is 2.89. The van der Waals surface area contributed by atoms with Crippen LogP contribution in [0.4, 0.5) is 0 Å². The van der Waals surface area contributed by atoms with E-state index in [4.69, 9.17) is 9.47 Å². The van der Waals surface area contributed by atoms with Gasteiger partial charge in [-0.2, -0.15) is 0 Å². The summed E-state index contributed by atoms with van der Waals surface area (Å²) in [5.74, 6) is 2.44. The molecule has 0 aromatic carbocycles. The van der Waals surface area contributed by atoms with Gasteiger partial charge in [0.25, 0.3) is 0 Å². The molecule has 6 atom stereocenters. The summed E-state index contributed by atoms with van der Waals surface area (Å²) in [5, 5.41) is 0. The lowest BCUT2D eigenvalue weighted by atomic mass is 9.73. The summed E-state index contributed by atoms with van der Waals surface area (Å²) < 4.78 is 10.8. The number of esters is 1. The molecule has 1 aliphatic heterocycles. The van der Waals surface area contributed by atoms with Crippen molar-refractivity contribution in [3.63, 3.8) is 0 Å². The number of carbonyl (C=O) groups is 1. The minimum absolute atomic E-state index is 0.0316. The van der Waals surface area contributed by atoms with Crippen LogP contribution in [0.5, 0.6) is 0 Å². The Morgan fingerprint density at radius 1 is 1.40 bits per heavy atom. The Kier molecular flexibility index (Phi) is 2.06. The monoisotopic (exact) mass is 210 g/mol. The van der Waals surface area contributed by atoms with Crippen molar-refractivity contribution in [2.45, 2.75) is 25.9 Å². The Balaban J connectivity index is 1.90. The van der Waals surface area contributed by atoms with Crippen LogP contribution in [0.3, 0.4) is 0 Å². The highest BCUT2D eigenvalue weighted by Gasteiger charge is 2.62. The van der Waals surface area contributed by atoms with Gasteiger partial charge in [0, 0.05) is 13.0 Å². The zero-order valence-corrected chi connectivity index (χ0v) is 9.31. The number of carbonyl (C=O) groups excluding carboxylic acids is 1. The third-order valence-corrected chi connectivity index (χ3v) is 4.84. The van der Waals surface area contributed by atoms with Crippen LogP contribution >= 0.6 is 0 Å². The molecule has 2 aliphatic carbocycles. The zero-order chi connectivity index (χ0) is 10.6. The molecule has 0 aromatic heterocycles. The van der Waals surface area contributed by atoms with Gasteiger partial charge in [-0.15, -0.1) is 0 Å². The van der Waals surface area contributed by atoms with Crippen LogP contribution in [0.15, 0.2) is 0 Å². The molecule has 3 rings (SSSR count). The van der Waals surface area contributed by atoms with E-state index >= 15 is 0 Å². The number of hydrogen-bond donors (Lipinski definition) is 0. The molecule has 6 unspecified atom stereocenters. The third-order valence-electron chi connectivity index (χ3n) is 4.84. The molecule has 2 saturated carbocycles. The molecule has 84 valence electrons.